The van der Waals surface area contributed by atoms with Gasteiger partial charge in [-0.05, 0) is 24.6 Å². The summed E-state index contributed by atoms with van der Waals surface area (Å²) in [5, 5.41) is 10.1. The summed E-state index contributed by atoms with van der Waals surface area (Å²) in [7, 11) is 0. The minimum absolute atomic E-state index is 0.256. The first-order chi connectivity index (χ1) is 7.49. The summed E-state index contributed by atoms with van der Waals surface area (Å²) < 4.78 is 13.4. The fourth-order valence-corrected chi connectivity index (χ4v) is 2.97. The van der Waals surface area contributed by atoms with E-state index in [-0.39, 0.29) is 5.82 Å². The standard InChI is InChI=1S/C11H12FNOS2/c1-11(14)7-16-10(15)13(11)6-8-2-4-9(12)5-3-8/h2-5,14H,6-7H2,1H3. The second-order valence-electron chi connectivity index (χ2n) is 3.98. The number of thiocarbonyl (C=S) groups is 1. The average molecular weight is 257 g/mol. The van der Waals surface area contributed by atoms with Gasteiger partial charge in [-0.1, -0.05) is 36.1 Å². The van der Waals surface area contributed by atoms with Crippen molar-refractivity contribution in [3.05, 3.63) is 35.6 Å². The van der Waals surface area contributed by atoms with Gasteiger partial charge in [-0.2, -0.15) is 0 Å². The van der Waals surface area contributed by atoms with Crippen LogP contribution in [0.1, 0.15) is 12.5 Å². The molecule has 1 atom stereocenters. The first-order valence-corrected chi connectivity index (χ1v) is 6.30. The van der Waals surface area contributed by atoms with E-state index in [1.165, 1.54) is 23.9 Å². The third-order valence-electron chi connectivity index (χ3n) is 2.52. The van der Waals surface area contributed by atoms with Gasteiger partial charge >= 0.3 is 0 Å². The molecule has 1 saturated heterocycles. The molecule has 1 heterocycles. The lowest BCUT2D eigenvalue weighted by Gasteiger charge is -2.30. The number of thioether (sulfide) groups is 1. The lowest BCUT2D eigenvalue weighted by Crippen LogP contribution is -2.43. The average Bonchev–Trinajstić information content (AvgIpc) is 2.48. The number of hydrogen-bond donors (Lipinski definition) is 1. The topological polar surface area (TPSA) is 23.5 Å². The Morgan fingerprint density at radius 1 is 1.50 bits per heavy atom. The van der Waals surface area contributed by atoms with E-state index in [0.29, 0.717) is 16.6 Å². The molecule has 0 amide bonds. The van der Waals surface area contributed by atoms with E-state index in [4.69, 9.17) is 12.2 Å². The maximum Gasteiger partial charge on any atom is 0.145 e. The normalized spacial score (nSPS) is 25.2. The summed E-state index contributed by atoms with van der Waals surface area (Å²) >= 11 is 6.64. The predicted molar refractivity (Wildman–Crippen MR) is 67.6 cm³/mol. The molecule has 86 valence electrons. The molecule has 2 nitrogen and oxygen atoms in total. The molecule has 1 aromatic carbocycles. The molecule has 1 N–H and O–H groups in total. The highest BCUT2D eigenvalue weighted by molar-refractivity contribution is 8.23. The maximum absolute atomic E-state index is 12.7. The summed E-state index contributed by atoms with van der Waals surface area (Å²) in [6.07, 6.45) is 0. The number of benzene rings is 1. The second kappa shape index (κ2) is 4.31. The van der Waals surface area contributed by atoms with Crippen molar-refractivity contribution in [2.45, 2.75) is 19.2 Å². The fourth-order valence-electron chi connectivity index (χ4n) is 1.56. The van der Waals surface area contributed by atoms with Crippen LogP contribution in [0.3, 0.4) is 0 Å². The van der Waals surface area contributed by atoms with Crippen molar-refractivity contribution in [1.82, 2.24) is 4.90 Å². The third kappa shape index (κ3) is 2.36. The third-order valence-corrected chi connectivity index (χ3v) is 4.26. The summed E-state index contributed by atoms with van der Waals surface area (Å²) in [6.45, 7) is 2.25. The fraction of sp³-hybridized carbons (Fsp3) is 0.364. The molecule has 1 aliphatic rings. The Bertz CT molecular complexity index is 405. The Labute approximate surface area is 103 Å². The highest BCUT2D eigenvalue weighted by Gasteiger charge is 2.37. The van der Waals surface area contributed by atoms with Crippen LogP contribution in [0.15, 0.2) is 24.3 Å². The Morgan fingerprint density at radius 2 is 2.12 bits per heavy atom. The van der Waals surface area contributed by atoms with Gasteiger partial charge < -0.3 is 10.0 Å². The van der Waals surface area contributed by atoms with E-state index in [1.807, 2.05) is 0 Å². The van der Waals surface area contributed by atoms with Gasteiger partial charge in [0.2, 0.25) is 0 Å². The SMILES string of the molecule is CC1(O)CSC(=S)N1Cc1ccc(F)cc1. The zero-order chi connectivity index (χ0) is 11.8. The van der Waals surface area contributed by atoms with E-state index in [9.17, 15) is 9.50 Å². The maximum atomic E-state index is 12.7. The molecule has 0 saturated carbocycles. The van der Waals surface area contributed by atoms with Crippen molar-refractivity contribution < 1.29 is 9.50 Å². The largest absolute Gasteiger partial charge is 0.370 e. The first-order valence-electron chi connectivity index (χ1n) is 4.90. The van der Waals surface area contributed by atoms with Gasteiger partial charge in [-0.3, -0.25) is 0 Å². The van der Waals surface area contributed by atoms with Crippen molar-refractivity contribution in [2.75, 3.05) is 5.75 Å². The van der Waals surface area contributed by atoms with Gasteiger partial charge in [0.1, 0.15) is 15.9 Å². The van der Waals surface area contributed by atoms with Gasteiger partial charge in [0.15, 0.2) is 0 Å². The molecule has 0 aromatic heterocycles. The predicted octanol–water partition coefficient (Wildman–Crippen LogP) is 2.37. The van der Waals surface area contributed by atoms with E-state index >= 15 is 0 Å². The summed E-state index contributed by atoms with van der Waals surface area (Å²) in [5.74, 6) is 0.321. The Hall–Kier alpha value is -0.650. The minimum Gasteiger partial charge on any atom is -0.370 e. The van der Waals surface area contributed by atoms with Crippen molar-refractivity contribution in [3.63, 3.8) is 0 Å². The molecule has 0 radical (unpaired) electrons. The van der Waals surface area contributed by atoms with Gasteiger partial charge in [0, 0.05) is 12.3 Å². The number of aliphatic hydroxyl groups is 1. The molecule has 0 bridgehead atoms. The molecule has 16 heavy (non-hydrogen) atoms. The first kappa shape index (κ1) is 11.8. The lowest BCUT2D eigenvalue weighted by molar-refractivity contribution is -0.0271. The Kier molecular flexibility index (Phi) is 3.19. The van der Waals surface area contributed by atoms with Crippen molar-refractivity contribution in [3.8, 4) is 0 Å². The van der Waals surface area contributed by atoms with E-state index in [2.05, 4.69) is 0 Å². The molecular formula is C11H12FNOS2. The minimum atomic E-state index is -0.907. The molecule has 0 aliphatic carbocycles. The second-order valence-corrected chi connectivity index (χ2v) is 5.59. The zero-order valence-electron chi connectivity index (χ0n) is 8.81. The van der Waals surface area contributed by atoms with Crippen LogP contribution in [0.4, 0.5) is 4.39 Å². The van der Waals surface area contributed by atoms with Crippen LogP contribution in [-0.4, -0.2) is 25.8 Å². The quantitative estimate of drug-likeness (QED) is 0.822. The molecule has 1 aromatic rings. The molecule has 1 fully saturated rings. The van der Waals surface area contributed by atoms with Crippen LogP contribution in [0.2, 0.25) is 0 Å². The number of nitrogens with zero attached hydrogens (tertiary/aromatic N) is 1. The number of rotatable bonds is 2. The Morgan fingerprint density at radius 3 is 2.62 bits per heavy atom. The Balaban J connectivity index is 2.15. The number of hydrogen-bond acceptors (Lipinski definition) is 3. The van der Waals surface area contributed by atoms with Gasteiger partial charge in [-0.25, -0.2) is 4.39 Å². The van der Waals surface area contributed by atoms with E-state index < -0.39 is 5.72 Å². The highest BCUT2D eigenvalue weighted by Crippen LogP contribution is 2.32. The molecule has 2 rings (SSSR count). The van der Waals surface area contributed by atoms with Crippen molar-refractivity contribution in [2.24, 2.45) is 0 Å². The summed E-state index contributed by atoms with van der Waals surface area (Å²) in [4.78, 5) is 1.76. The zero-order valence-corrected chi connectivity index (χ0v) is 10.4. The van der Waals surface area contributed by atoms with E-state index in [1.54, 1.807) is 24.0 Å². The smallest absolute Gasteiger partial charge is 0.145 e. The molecule has 0 spiro atoms. The molecule has 1 unspecified atom stereocenters. The van der Waals surface area contributed by atoms with Crippen LogP contribution < -0.4 is 0 Å². The molecule has 5 heteroatoms. The van der Waals surface area contributed by atoms with Gasteiger partial charge in [0.25, 0.3) is 0 Å². The highest BCUT2D eigenvalue weighted by atomic mass is 32.2. The molecular weight excluding hydrogens is 245 g/mol. The van der Waals surface area contributed by atoms with Gasteiger partial charge in [-0.15, -0.1) is 0 Å². The van der Waals surface area contributed by atoms with Crippen molar-refractivity contribution in [1.29, 1.82) is 0 Å². The van der Waals surface area contributed by atoms with Crippen LogP contribution in [-0.2, 0) is 6.54 Å². The van der Waals surface area contributed by atoms with Crippen molar-refractivity contribution >= 4 is 28.3 Å². The summed E-state index contributed by atoms with van der Waals surface area (Å²) in [5.41, 5.74) is 0.0300. The summed E-state index contributed by atoms with van der Waals surface area (Å²) in [6, 6.07) is 6.24. The monoisotopic (exact) mass is 257 g/mol. The number of halogens is 1. The van der Waals surface area contributed by atoms with Crippen LogP contribution >= 0.6 is 24.0 Å². The van der Waals surface area contributed by atoms with Crippen LogP contribution in [0.25, 0.3) is 0 Å². The van der Waals surface area contributed by atoms with Crippen LogP contribution in [0.5, 0.6) is 0 Å². The van der Waals surface area contributed by atoms with E-state index in [0.717, 1.165) is 5.56 Å². The van der Waals surface area contributed by atoms with Gasteiger partial charge in [0.05, 0.1) is 0 Å². The van der Waals surface area contributed by atoms with Crippen LogP contribution in [0, 0.1) is 5.82 Å². The molecule has 1 aliphatic heterocycles. The lowest BCUT2D eigenvalue weighted by atomic mass is 10.2.